The minimum absolute atomic E-state index is 0.191. The van der Waals surface area contributed by atoms with Gasteiger partial charge in [0.25, 0.3) is 0 Å². The van der Waals surface area contributed by atoms with Gasteiger partial charge in [0.15, 0.2) is 0 Å². The van der Waals surface area contributed by atoms with Crippen molar-refractivity contribution in [2.75, 3.05) is 38.7 Å². The molecule has 0 spiro atoms. The summed E-state index contributed by atoms with van der Waals surface area (Å²) < 4.78 is 45.2. The maximum atomic E-state index is 13.0. The molecule has 1 aromatic rings. The van der Waals surface area contributed by atoms with Crippen LogP contribution in [-0.2, 0) is 10.9 Å². The van der Waals surface area contributed by atoms with E-state index in [2.05, 4.69) is 29.0 Å². The van der Waals surface area contributed by atoms with Crippen molar-refractivity contribution in [1.82, 2.24) is 14.9 Å². The predicted molar refractivity (Wildman–Crippen MR) is 95.4 cm³/mol. The van der Waals surface area contributed by atoms with Crippen LogP contribution in [0.15, 0.2) is 12.3 Å². The lowest BCUT2D eigenvalue weighted by Crippen LogP contribution is -2.48. The first kappa shape index (κ1) is 18.9. The molecular formula is C19H27F3N4O. The number of nitrogens with zero attached hydrogens (tertiary/aromatic N) is 4. The molecule has 3 aliphatic rings. The lowest BCUT2D eigenvalue weighted by molar-refractivity contribution is -0.141. The summed E-state index contributed by atoms with van der Waals surface area (Å²) in [6, 6.07) is 1.28. The number of likely N-dealkylation sites (N-methyl/N-ethyl adjacent to an activating group) is 1. The second-order valence-electron chi connectivity index (χ2n) is 8.48. The summed E-state index contributed by atoms with van der Waals surface area (Å²) in [5.41, 5.74) is -0.876. The molecule has 5 nitrogen and oxygen atoms in total. The number of aromatic nitrogens is 2. The Morgan fingerprint density at radius 1 is 1.19 bits per heavy atom. The minimum atomic E-state index is -4.44. The first-order chi connectivity index (χ1) is 12.8. The number of anilines is 1. The SMILES string of the molecule is CN(C)[C@@H]1C[C@@H]2CN(c3nccc(C(F)(F)F)n3)C[C@@H]2C[C@H]1OCC1CC1. The Morgan fingerprint density at radius 3 is 2.52 bits per heavy atom. The summed E-state index contributed by atoms with van der Waals surface area (Å²) in [5.74, 6) is 1.78. The molecule has 0 aromatic carbocycles. The van der Waals surface area contributed by atoms with Gasteiger partial charge in [-0.1, -0.05) is 0 Å². The lowest BCUT2D eigenvalue weighted by Gasteiger charge is -2.41. The summed E-state index contributed by atoms with van der Waals surface area (Å²) in [6.45, 7) is 2.26. The van der Waals surface area contributed by atoms with Gasteiger partial charge in [-0.3, -0.25) is 0 Å². The van der Waals surface area contributed by atoms with Crippen molar-refractivity contribution in [3.63, 3.8) is 0 Å². The molecule has 1 aromatic heterocycles. The number of hydrogen-bond donors (Lipinski definition) is 0. The highest BCUT2D eigenvalue weighted by Gasteiger charge is 2.44. The van der Waals surface area contributed by atoms with Crippen molar-refractivity contribution in [1.29, 1.82) is 0 Å². The van der Waals surface area contributed by atoms with Crippen molar-refractivity contribution < 1.29 is 17.9 Å². The van der Waals surface area contributed by atoms with E-state index in [0.29, 0.717) is 31.0 Å². The molecule has 4 rings (SSSR count). The van der Waals surface area contributed by atoms with E-state index >= 15 is 0 Å². The number of ether oxygens (including phenoxy) is 1. The smallest absolute Gasteiger partial charge is 0.376 e. The average Bonchev–Trinajstić information content (AvgIpc) is 3.35. The third kappa shape index (κ3) is 4.21. The highest BCUT2D eigenvalue weighted by atomic mass is 19.4. The Kier molecular flexibility index (Phi) is 5.05. The molecule has 2 saturated carbocycles. The normalized spacial score (nSPS) is 31.4. The minimum Gasteiger partial charge on any atom is -0.376 e. The molecular weight excluding hydrogens is 357 g/mol. The van der Waals surface area contributed by atoms with Crippen LogP contribution in [0.4, 0.5) is 19.1 Å². The second kappa shape index (κ2) is 7.20. The highest BCUT2D eigenvalue weighted by Crippen LogP contribution is 2.41. The molecule has 1 aliphatic heterocycles. The quantitative estimate of drug-likeness (QED) is 0.781. The first-order valence-corrected chi connectivity index (χ1v) is 9.74. The molecule has 0 unspecified atom stereocenters. The zero-order valence-electron chi connectivity index (χ0n) is 15.8. The Morgan fingerprint density at radius 2 is 1.89 bits per heavy atom. The fraction of sp³-hybridized carbons (Fsp3) is 0.789. The number of halogens is 3. The van der Waals surface area contributed by atoms with Crippen LogP contribution in [0.3, 0.4) is 0 Å². The van der Waals surface area contributed by atoms with Gasteiger partial charge in [0.2, 0.25) is 5.95 Å². The van der Waals surface area contributed by atoms with Gasteiger partial charge in [0.1, 0.15) is 5.69 Å². The average molecular weight is 384 g/mol. The molecule has 0 amide bonds. The molecule has 0 bridgehead atoms. The first-order valence-electron chi connectivity index (χ1n) is 9.74. The van der Waals surface area contributed by atoms with Gasteiger partial charge in [-0.25, -0.2) is 9.97 Å². The van der Waals surface area contributed by atoms with Crippen molar-refractivity contribution in [3.8, 4) is 0 Å². The van der Waals surface area contributed by atoms with Crippen molar-refractivity contribution >= 4 is 5.95 Å². The largest absolute Gasteiger partial charge is 0.433 e. The van der Waals surface area contributed by atoms with Crippen LogP contribution in [0, 0.1) is 17.8 Å². The summed E-state index contributed by atoms with van der Waals surface area (Å²) in [7, 11) is 4.17. The van der Waals surface area contributed by atoms with Crippen LogP contribution in [0.25, 0.3) is 0 Å². The zero-order chi connectivity index (χ0) is 19.2. The maximum Gasteiger partial charge on any atom is 0.433 e. The molecule has 27 heavy (non-hydrogen) atoms. The van der Waals surface area contributed by atoms with Gasteiger partial charge >= 0.3 is 6.18 Å². The molecule has 2 aliphatic carbocycles. The van der Waals surface area contributed by atoms with Crippen molar-refractivity contribution in [3.05, 3.63) is 18.0 Å². The van der Waals surface area contributed by atoms with Gasteiger partial charge in [-0.05, 0) is 63.6 Å². The topological polar surface area (TPSA) is 41.5 Å². The van der Waals surface area contributed by atoms with Crippen LogP contribution in [0.1, 0.15) is 31.4 Å². The van der Waals surface area contributed by atoms with Gasteiger partial charge in [0, 0.05) is 31.9 Å². The van der Waals surface area contributed by atoms with Gasteiger partial charge in [0.05, 0.1) is 6.10 Å². The van der Waals surface area contributed by atoms with Gasteiger partial charge in [-0.2, -0.15) is 13.2 Å². The summed E-state index contributed by atoms with van der Waals surface area (Å²) >= 11 is 0. The van der Waals surface area contributed by atoms with E-state index in [0.717, 1.165) is 31.4 Å². The van der Waals surface area contributed by atoms with Crippen LogP contribution in [0.2, 0.25) is 0 Å². The monoisotopic (exact) mass is 384 g/mol. The molecule has 2 heterocycles. The Bertz CT molecular complexity index is 665. The third-order valence-electron chi connectivity index (χ3n) is 6.21. The van der Waals surface area contributed by atoms with E-state index in [1.807, 2.05) is 4.90 Å². The molecule has 0 radical (unpaired) electrons. The number of rotatable bonds is 5. The predicted octanol–water partition coefficient (Wildman–Crippen LogP) is 3.07. The lowest BCUT2D eigenvalue weighted by atomic mass is 9.77. The second-order valence-corrected chi connectivity index (χ2v) is 8.48. The Balaban J connectivity index is 1.45. The number of fused-ring (bicyclic) bond motifs is 1. The van der Waals surface area contributed by atoms with E-state index in [1.165, 1.54) is 19.0 Å². The fourth-order valence-electron chi connectivity index (χ4n) is 4.48. The van der Waals surface area contributed by atoms with E-state index in [-0.39, 0.29) is 12.1 Å². The van der Waals surface area contributed by atoms with Crippen LogP contribution < -0.4 is 4.90 Å². The molecule has 0 N–H and O–H groups in total. The van der Waals surface area contributed by atoms with Gasteiger partial charge < -0.3 is 14.5 Å². The van der Waals surface area contributed by atoms with E-state index in [1.54, 1.807) is 0 Å². The Hall–Kier alpha value is -1.41. The molecule has 4 atom stereocenters. The highest BCUT2D eigenvalue weighted by molar-refractivity contribution is 5.33. The maximum absolute atomic E-state index is 13.0. The number of alkyl halides is 3. The number of hydrogen-bond acceptors (Lipinski definition) is 5. The summed E-state index contributed by atoms with van der Waals surface area (Å²) in [5, 5.41) is 0. The van der Waals surface area contributed by atoms with Crippen molar-refractivity contribution in [2.24, 2.45) is 17.8 Å². The van der Waals surface area contributed by atoms with E-state index in [9.17, 15) is 13.2 Å². The summed E-state index contributed by atoms with van der Waals surface area (Å²) in [4.78, 5) is 12.0. The van der Waals surface area contributed by atoms with Crippen LogP contribution in [0.5, 0.6) is 0 Å². The molecule has 8 heteroatoms. The van der Waals surface area contributed by atoms with Crippen LogP contribution in [-0.4, -0.2) is 60.8 Å². The molecule has 3 fully saturated rings. The Labute approximate surface area is 157 Å². The zero-order valence-corrected chi connectivity index (χ0v) is 15.8. The standard InChI is InChI=1S/C19H27F3N4O/c1-25(2)15-7-13-9-26(18-23-6-5-17(24-18)19(20,21)22)10-14(13)8-16(15)27-11-12-3-4-12/h5-6,12-16H,3-4,7-11H2,1-2H3/t13-,14+,15-,16-/m1/s1. The molecule has 1 saturated heterocycles. The molecule has 150 valence electrons. The van der Waals surface area contributed by atoms with E-state index in [4.69, 9.17) is 4.74 Å². The third-order valence-corrected chi connectivity index (χ3v) is 6.21. The van der Waals surface area contributed by atoms with Gasteiger partial charge in [-0.15, -0.1) is 0 Å². The van der Waals surface area contributed by atoms with Crippen molar-refractivity contribution in [2.45, 2.75) is 44.0 Å². The van der Waals surface area contributed by atoms with Crippen LogP contribution >= 0.6 is 0 Å². The summed E-state index contributed by atoms with van der Waals surface area (Å²) in [6.07, 6.45) is 1.46. The van der Waals surface area contributed by atoms with E-state index < -0.39 is 11.9 Å². The fourth-order valence-corrected chi connectivity index (χ4v) is 4.48.